The van der Waals surface area contributed by atoms with Crippen LogP contribution in [-0.4, -0.2) is 37.3 Å². The average molecular weight is 363 g/mol. The number of halogens is 1. The van der Waals surface area contributed by atoms with Gasteiger partial charge in [-0.05, 0) is 45.9 Å². The number of hydrogen-bond donors (Lipinski definition) is 0. The quantitative estimate of drug-likeness (QED) is 0.591. The molecule has 0 fully saturated rings. The first-order valence-corrected chi connectivity index (χ1v) is 8.85. The first-order valence-electron chi connectivity index (χ1n) is 6.87. The van der Waals surface area contributed by atoms with Crippen LogP contribution in [0.15, 0.2) is 29.2 Å². The lowest BCUT2D eigenvalue weighted by atomic mass is 10.2. The second-order valence-electron chi connectivity index (χ2n) is 5.64. The van der Waals surface area contributed by atoms with E-state index in [1.807, 2.05) is 0 Å². The van der Waals surface area contributed by atoms with Crippen LogP contribution in [0.5, 0.6) is 0 Å². The number of carbonyl (C=O) groups is 2. The molecule has 128 valence electrons. The lowest BCUT2D eigenvalue weighted by Crippen LogP contribution is -2.27. The third-order valence-electron chi connectivity index (χ3n) is 2.54. The maximum Gasteiger partial charge on any atom is 0.340 e. The Morgan fingerprint density at radius 3 is 2.39 bits per heavy atom. The first-order chi connectivity index (χ1) is 10.5. The Bertz CT molecular complexity index is 690. The van der Waals surface area contributed by atoms with E-state index in [9.17, 15) is 18.0 Å². The maximum atomic E-state index is 12.3. The van der Waals surface area contributed by atoms with E-state index in [1.54, 1.807) is 20.8 Å². The Kier molecular flexibility index (Phi) is 6.18. The van der Waals surface area contributed by atoms with Crippen molar-refractivity contribution in [1.82, 2.24) is 0 Å². The highest BCUT2D eigenvalue weighted by atomic mass is 35.5. The monoisotopic (exact) mass is 362 g/mol. The number of carbonyl (C=O) groups excluding carboxylic acids is 2. The summed E-state index contributed by atoms with van der Waals surface area (Å²) in [5.41, 5.74) is -0.667. The van der Waals surface area contributed by atoms with Crippen molar-refractivity contribution in [2.75, 3.05) is 6.61 Å². The zero-order chi connectivity index (χ0) is 17.8. The molecule has 1 unspecified atom stereocenters. The molecule has 0 heterocycles. The van der Waals surface area contributed by atoms with Gasteiger partial charge in [0.05, 0.1) is 17.1 Å². The van der Waals surface area contributed by atoms with Gasteiger partial charge in [-0.2, -0.15) is 0 Å². The fourth-order valence-electron chi connectivity index (χ4n) is 1.59. The number of esters is 2. The van der Waals surface area contributed by atoms with Crippen LogP contribution >= 0.6 is 11.6 Å². The molecule has 0 radical (unpaired) electrons. The molecule has 0 saturated heterocycles. The van der Waals surface area contributed by atoms with Gasteiger partial charge in [0.2, 0.25) is 14.5 Å². The smallest absolute Gasteiger partial charge is 0.340 e. The van der Waals surface area contributed by atoms with Gasteiger partial charge in [0.25, 0.3) is 0 Å². The second-order valence-corrected chi connectivity index (χ2v) is 8.37. The highest BCUT2D eigenvalue weighted by Crippen LogP contribution is 2.22. The zero-order valence-corrected chi connectivity index (χ0v) is 14.9. The molecule has 0 aliphatic heterocycles. The molecular weight excluding hydrogens is 344 g/mol. The number of rotatable bonds is 5. The molecule has 0 bridgehead atoms. The van der Waals surface area contributed by atoms with Gasteiger partial charge in [0.1, 0.15) is 5.60 Å². The van der Waals surface area contributed by atoms with Crippen LogP contribution in [-0.2, 0) is 24.1 Å². The predicted molar refractivity (Wildman–Crippen MR) is 85.1 cm³/mol. The number of sulfone groups is 1. The standard InChI is InChI=1S/C15H19ClO6S/c1-5-21-14(18)12(16)23(19,20)11-8-6-7-10(9-11)13(17)22-15(2,3)4/h6-9,12H,5H2,1-4H3. The third kappa shape index (κ3) is 5.21. The van der Waals surface area contributed by atoms with Crippen LogP contribution in [0, 0.1) is 0 Å². The van der Waals surface area contributed by atoms with Crippen molar-refractivity contribution >= 4 is 33.4 Å². The minimum Gasteiger partial charge on any atom is -0.464 e. The number of ether oxygens (including phenoxy) is 2. The van der Waals surface area contributed by atoms with Crippen molar-refractivity contribution in [3.63, 3.8) is 0 Å². The minimum absolute atomic E-state index is 0.00945. The van der Waals surface area contributed by atoms with Crippen LogP contribution in [0.4, 0.5) is 0 Å². The van der Waals surface area contributed by atoms with Crippen LogP contribution < -0.4 is 0 Å². The SMILES string of the molecule is CCOC(=O)C(Cl)S(=O)(=O)c1cccc(C(=O)OC(C)(C)C)c1. The third-order valence-corrected chi connectivity index (χ3v) is 5.07. The van der Waals surface area contributed by atoms with Gasteiger partial charge in [0.15, 0.2) is 0 Å². The molecule has 0 aliphatic carbocycles. The molecule has 1 aromatic carbocycles. The molecule has 6 nitrogen and oxygen atoms in total. The van der Waals surface area contributed by atoms with Crippen molar-refractivity contribution in [1.29, 1.82) is 0 Å². The Hall–Kier alpha value is -1.60. The van der Waals surface area contributed by atoms with E-state index >= 15 is 0 Å². The maximum absolute atomic E-state index is 12.3. The van der Waals surface area contributed by atoms with Crippen LogP contribution in [0.1, 0.15) is 38.1 Å². The Morgan fingerprint density at radius 2 is 1.87 bits per heavy atom. The summed E-state index contributed by atoms with van der Waals surface area (Å²) in [5, 5.41) is 0. The number of alkyl halides is 1. The van der Waals surface area contributed by atoms with Crippen molar-refractivity contribution in [3.8, 4) is 0 Å². The molecule has 0 aliphatic rings. The van der Waals surface area contributed by atoms with Crippen molar-refractivity contribution < 1.29 is 27.5 Å². The topological polar surface area (TPSA) is 86.7 Å². The highest BCUT2D eigenvalue weighted by molar-refractivity contribution is 7.94. The lowest BCUT2D eigenvalue weighted by molar-refractivity contribution is -0.140. The Balaban J connectivity index is 3.13. The molecule has 1 atom stereocenters. The molecule has 0 spiro atoms. The zero-order valence-electron chi connectivity index (χ0n) is 13.3. The summed E-state index contributed by atoms with van der Waals surface area (Å²) in [4.78, 5) is 23.3. The fraction of sp³-hybridized carbons (Fsp3) is 0.467. The summed E-state index contributed by atoms with van der Waals surface area (Å²) < 4.78 is 32.6. The van der Waals surface area contributed by atoms with Crippen LogP contribution in [0.3, 0.4) is 0 Å². The molecule has 1 aromatic rings. The van der Waals surface area contributed by atoms with Gasteiger partial charge < -0.3 is 9.47 Å². The summed E-state index contributed by atoms with van der Waals surface area (Å²) in [6.45, 7) is 6.63. The van der Waals surface area contributed by atoms with Gasteiger partial charge in [0, 0.05) is 0 Å². The molecule has 0 amide bonds. The average Bonchev–Trinajstić information content (AvgIpc) is 2.45. The number of hydrogen-bond acceptors (Lipinski definition) is 6. The normalized spacial score (nSPS) is 13.3. The van der Waals surface area contributed by atoms with Crippen molar-refractivity contribution in [2.24, 2.45) is 0 Å². The van der Waals surface area contributed by atoms with E-state index in [0.717, 1.165) is 6.07 Å². The van der Waals surface area contributed by atoms with E-state index in [4.69, 9.17) is 16.3 Å². The predicted octanol–water partition coefficient (Wildman–Crippen LogP) is 2.54. The van der Waals surface area contributed by atoms with Gasteiger partial charge in [-0.3, -0.25) is 0 Å². The molecular formula is C15H19ClO6S. The van der Waals surface area contributed by atoms with Crippen LogP contribution in [0.25, 0.3) is 0 Å². The Morgan fingerprint density at radius 1 is 1.26 bits per heavy atom. The second kappa shape index (κ2) is 7.31. The molecule has 0 aromatic heterocycles. The highest BCUT2D eigenvalue weighted by Gasteiger charge is 2.34. The summed E-state index contributed by atoms with van der Waals surface area (Å²) in [6.07, 6.45) is 0. The number of benzene rings is 1. The van der Waals surface area contributed by atoms with Gasteiger partial charge in [-0.25, -0.2) is 18.0 Å². The first kappa shape index (κ1) is 19.4. The van der Waals surface area contributed by atoms with E-state index in [-0.39, 0.29) is 17.1 Å². The van der Waals surface area contributed by atoms with Crippen molar-refractivity contribution in [2.45, 2.75) is 42.9 Å². The van der Waals surface area contributed by atoms with E-state index in [2.05, 4.69) is 4.74 Å². The largest absolute Gasteiger partial charge is 0.464 e. The van der Waals surface area contributed by atoms with E-state index < -0.39 is 32.1 Å². The lowest BCUT2D eigenvalue weighted by Gasteiger charge is -2.19. The van der Waals surface area contributed by atoms with Crippen molar-refractivity contribution in [3.05, 3.63) is 29.8 Å². The fourth-order valence-corrected chi connectivity index (χ4v) is 3.08. The molecule has 23 heavy (non-hydrogen) atoms. The molecule has 8 heteroatoms. The van der Waals surface area contributed by atoms with E-state index in [0.29, 0.717) is 0 Å². The summed E-state index contributed by atoms with van der Waals surface area (Å²) >= 11 is 5.70. The Labute approximate surface area is 140 Å². The van der Waals surface area contributed by atoms with Gasteiger partial charge in [-0.15, -0.1) is 0 Å². The van der Waals surface area contributed by atoms with Gasteiger partial charge >= 0.3 is 11.9 Å². The van der Waals surface area contributed by atoms with Gasteiger partial charge in [-0.1, -0.05) is 17.7 Å². The molecule has 0 N–H and O–H groups in total. The van der Waals surface area contributed by atoms with E-state index in [1.165, 1.54) is 25.1 Å². The summed E-state index contributed by atoms with van der Waals surface area (Å²) in [7, 11) is -4.18. The minimum atomic E-state index is -4.18. The van der Waals surface area contributed by atoms with Crippen LogP contribution in [0.2, 0.25) is 0 Å². The molecule has 0 saturated carbocycles. The summed E-state index contributed by atoms with van der Waals surface area (Å²) in [6, 6.07) is 5.16. The molecule has 1 rings (SSSR count). The summed E-state index contributed by atoms with van der Waals surface area (Å²) in [5.74, 6) is -1.73.